The maximum atomic E-state index is 11.1. The third-order valence-electron chi connectivity index (χ3n) is 1.64. The van der Waals surface area contributed by atoms with Crippen LogP contribution in [-0.4, -0.2) is 123 Å². The Morgan fingerprint density at radius 1 is 0.562 bits per heavy atom. The molecule has 2 aromatic heterocycles. The second-order valence-corrected chi connectivity index (χ2v) is 2.57. The number of hydrogen-bond acceptors (Lipinski definition) is 4. The van der Waals surface area contributed by atoms with E-state index in [-0.39, 0.29) is 114 Å². The second-order valence-electron chi connectivity index (χ2n) is 2.57. The van der Waals surface area contributed by atoms with Crippen LogP contribution in [0.25, 0.3) is 11.0 Å². The van der Waals surface area contributed by atoms with E-state index in [1.165, 1.54) is 0 Å². The fourth-order valence-corrected chi connectivity index (χ4v) is 1.09. The van der Waals surface area contributed by atoms with Crippen LogP contribution in [0.4, 0.5) is 0 Å². The molecule has 0 saturated heterocycles. The maximum absolute atomic E-state index is 11.1. The van der Waals surface area contributed by atoms with E-state index in [0.29, 0.717) is 0 Å². The van der Waals surface area contributed by atoms with E-state index in [9.17, 15) is 19.2 Å². The molecule has 0 atom stereocenters. The predicted octanol–water partition coefficient (Wildman–Crippen LogP) is -3.17. The first-order valence-corrected chi connectivity index (χ1v) is 3.57. The molecule has 4 N–H and O–H groups in total. The molecule has 2 rings (SSSR count). The molecule has 10 heteroatoms. The molecule has 8 nitrogen and oxygen atoms in total. The summed E-state index contributed by atoms with van der Waals surface area (Å²) in [4.78, 5) is 51.7. The van der Waals surface area contributed by atoms with Crippen molar-refractivity contribution in [2.75, 3.05) is 0 Å². The van der Waals surface area contributed by atoms with Crippen molar-refractivity contribution in [3.05, 3.63) is 41.7 Å². The third kappa shape index (κ3) is 3.44. The molecule has 0 amide bonds. The van der Waals surface area contributed by atoms with Crippen molar-refractivity contribution in [3.63, 3.8) is 0 Å². The summed E-state index contributed by atoms with van der Waals surface area (Å²) in [6, 6.07) is 0. The molecule has 2 radical (unpaired) electrons. The standard InChI is InChI=1S/C6H4N4O4.2K/c11-3-1-2(8-6(14)9-3)4(12)10-5(13)7-1;;/h(H2,7,10,12,13)(H2,8,9,11,14);;. The Morgan fingerprint density at radius 3 is 1.19 bits per heavy atom. The Kier molecular flexibility index (Phi) is 7.10. The normalized spacial score (nSPS) is 9.25. The van der Waals surface area contributed by atoms with Crippen molar-refractivity contribution in [2.24, 2.45) is 0 Å². The van der Waals surface area contributed by atoms with Gasteiger partial charge in [-0.15, -0.1) is 0 Å². The van der Waals surface area contributed by atoms with E-state index in [2.05, 4.69) is 9.97 Å². The Morgan fingerprint density at radius 2 is 0.875 bits per heavy atom. The number of H-pyrrole nitrogens is 4. The Labute approximate surface area is 171 Å². The minimum absolute atomic E-state index is 0. The van der Waals surface area contributed by atoms with Gasteiger partial charge in [-0.25, -0.2) is 9.59 Å². The van der Waals surface area contributed by atoms with Gasteiger partial charge in [0.2, 0.25) is 0 Å². The van der Waals surface area contributed by atoms with Crippen LogP contribution in [0.5, 0.6) is 0 Å². The van der Waals surface area contributed by atoms with Gasteiger partial charge in [0, 0.05) is 103 Å². The van der Waals surface area contributed by atoms with Crippen molar-refractivity contribution in [1.29, 1.82) is 0 Å². The number of fused-ring (bicyclic) bond motifs is 1. The Hall–Kier alpha value is 0.893. The van der Waals surface area contributed by atoms with E-state index in [1.54, 1.807) is 0 Å². The van der Waals surface area contributed by atoms with Crippen LogP contribution in [0.15, 0.2) is 19.2 Å². The van der Waals surface area contributed by atoms with Crippen molar-refractivity contribution >= 4 is 114 Å². The van der Waals surface area contributed by atoms with Gasteiger partial charge >= 0.3 is 11.4 Å². The fourth-order valence-electron chi connectivity index (χ4n) is 1.09. The van der Waals surface area contributed by atoms with Gasteiger partial charge in [0.25, 0.3) is 11.1 Å². The molecule has 0 bridgehead atoms. The number of hydrogen-bond donors (Lipinski definition) is 4. The monoisotopic (exact) mass is 274 g/mol. The summed E-state index contributed by atoms with van der Waals surface area (Å²) in [5, 5.41) is 0. The second kappa shape index (κ2) is 6.73. The van der Waals surface area contributed by atoms with Crippen LogP contribution >= 0.6 is 0 Å². The van der Waals surface area contributed by atoms with Crippen molar-refractivity contribution in [1.82, 2.24) is 19.9 Å². The molecule has 2 aromatic rings. The molecule has 0 aromatic carbocycles. The van der Waals surface area contributed by atoms with Crippen LogP contribution in [0.2, 0.25) is 0 Å². The van der Waals surface area contributed by atoms with E-state index < -0.39 is 22.5 Å². The summed E-state index contributed by atoms with van der Waals surface area (Å²) in [6.07, 6.45) is 0. The zero-order valence-electron chi connectivity index (χ0n) is 8.63. The van der Waals surface area contributed by atoms with Gasteiger partial charge in [0.15, 0.2) is 0 Å². The van der Waals surface area contributed by atoms with Crippen molar-refractivity contribution in [2.45, 2.75) is 0 Å². The van der Waals surface area contributed by atoms with Gasteiger partial charge in [-0.1, -0.05) is 0 Å². The molecule has 0 saturated carbocycles. The zero-order chi connectivity index (χ0) is 10.3. The Balaban J connectivity index is 0.00000112. The maximum Gasteiger partial charge on any atom is 0.326 e. The summed E-state index contributed by atoms with van der Waals surface area (Å²) in [6.45, 7) is 0. The smallest absolute Gasteiger partial charge is 0.301 e. The van der Waals surface area contributed by atoms with Gasteiger partial charge in [0.1, 0.15) is 11.0 Å². The van der Waals surface area contributed by atoms with E-state index in [0.717, 1.165) is 0 Å². The van der Waals surface area contributed by atoms with Gasteiger partial charge in [0.05, 0.1) is 0 Å². The zero-order valence-corrected chi connectivity index (χ0v) is 14.9. The first kappa shape index (κ1) is 16.9. The van der Waals surface area contributed by atoms with E-state index >= 15 is 0 Å². The Bertz CT molecular complexity index is 661. The predicted molar refractivity (Wildman–Crippen MR) is 57.9 cm³/mol. The molecule has 0 aliphatic carbocycles. The molecule has 0 unspecified atom stereocenters. The summed E-state index contributed by atoms with van der Waals surface area (Å²) < 4.78 is 0. The molecule has 2 heterocycles. The topological polar surface area (TPSA) is 131 Å². The number of nitrogens with one attached hydrogen (secondary N) is 4. The first-order valence-electron chi connectivity index (χ1n) is 3.57. The molecule has 74 valence electrons. The number of aromatic amines is 4. The molecular formula is C6H4K2N4O4. The quantitative estimate of drug-likeness (QED) is 0.377. The summed E-state index contributed by atoms with van der Waals surface area (Å²) >= 11 is 0. The summed E-state index contributed by atoms with van der Waals surface area (Å²) in [5.74, 6) is 0. The summed E-state index contributed by atoms with van der Waals surface area (Å²) in [5.41, 5.74) is -3.74. The molecule has 0 aliphatic heterocycles. The van der Waals surface area contributed by atoms with Gasteiger partial charge in [-0.05, 0) is 0 Å². The van der Waals surface area contributed by atoms with Crippen LogP contribution in [0.3, 0.4) is 0 Å². The molecular weight excluding hydrogens is 270 g/mol. The molecule has 0 spiro atoms. The first-order chi connectivity index (χ1) is 6.58. The third-order valence-corrected chi connectivity index (χ3v) is 1.64. The van der Waals surface area contributed by atoms with E-state index in [4.69, 9.17) is 0 Å². The summed E-state index contributed by atoms with van der Waals surface area (Å²) in [7, 11) is 0. The van der Waals surface area contributed by atoms with Gasteiger partial charge in [-0.3, -0.25) is 19.6 Å². The van der Waals surface area contributed by atoms with Crippen molar-refractivity contribution in [3.8, 4) is 0 Å². The number of aromatic nitrogens is 4. The van der Waals surface area contributed by atoms with Gasteiger partial charge < -0.3 is 9.97 Å². The minimum Gasteiger partial charge on any atom is -0.301 e. The average molecular weight is 274 g/mol. The van der Waals surface area contributed by atoms with Crippen LogP contribution in [0.1, 0.15) is 0 Å². The minimum atomic E-state index is -0.813. The molecule has 0 aliphatic rings. The van der Waals surface area contributed by atoms with E-state index in [1.807, 2.05) is 9.97 Å². The van der Waals surface area contributed by atoms with Crippen LogP contribution in [0, 0.1) is 0 Å². The fraction of sp³-hybridized carbons (Fsp3) is 0. The number of rotatable bonds is 0. The van der Waals surface area contributed by atoms with Crippen LogP contribution < -0.4 is 22.5 Å². The largest absolute Gasteiger partial charge is 0.326 e. The average Bonchev–Trinajstić information content (AvgIpc) is 2.07. The van der Waals surface area contributed by atoms with Crippen molar-refractivity contribution < 1.29 is 0 Å². The molecule has 0 fully saturated rings. The van der Waals surface area contributed by atoms with Crippen LogP contribution in [-0.2, 0) is 0 Å². The van der Waals surface area contributed by atoms with Gasteiger partial charge in [-0.2, -0.15) is 0 Å². The molecule has 16 heavy (non-hydrogen) atoms. The SMILES string of the molecule is O=c1[nH]c(=O)c2[nH]c(=O)[nH]c(=O)c2[nH]1.[K].[K].